The number of aryl methyl sites for hydroxylation is 1. The van der Waals surface area contributed by atoms with Crippen molar-refractivity contribution in [2.24, 2.45) is 0 Å². The van der Waals surface area contributed by atoms with Crippen molar-refractivity contribution in [3.8, 4) is 0 Å². The van der Waals surface area contributed by atoms with E-state index in [0.717, 1.165) is 68.2 Å². The molecule has 0 bridgehead atoms. The number of fused-ring (bicyclic) bond motifs is 1. The Kier molecular flexibility index (Phi) is 4.73. The first-order valence-corrected chi connectivity index (χ1v) is 11.0. The van der Waals surface area contributed by atoms with Gasteiger partial charge in [-0.05, 0) is 44.9 Å². The van der Waals surface area contributed by atoms with Gasteiger partial charge in [-0.3, -0.25) is 4.79 Å². The highest BCUT2D eigenvalue weighted by atomic mass is 32.1. The normalized spacial score (nSPS) is 23.6. The van der Waals surface area contributed by atoms with E-state index in [1.165, 1.54) is 35.7 Å². The summed E-state index contributed by atoms with van der Waals surface area (Å²) in [5.74, 6) is 1.85. The van der Waals surface area contributed by atoms with Crippen LogP contribution in [-0.4, -0.2) is 45.0 Å². The zero-order valence-electron chi connectivity index (χ0n) is 15.6. The van der Waals surface area contributed by atoms with Crippen molar-refractivity contribution in [2.45, 2.75) is 63.5 Å². The number of hydrogen-bond acceptors (Lipinski definition) is 5. The Labute approximate surface area is 163 Å². The number of carbonyl (C=O) groups is 1. The molecule has 27 heavy (non-hydrogen) atoms. The highest BCUT2D eigenvalue weighted by molar-refractivity contribution is 7.13. The number of rotatable bonds is 3. The molecule has 2 saturated heterocycles. The van der Waals surface area contributed by atoms with E-state index < -0.39 is 0 Å². The fourth-order valence-corrected chi connectivity index (χ4v) is 5.56. The summed E-state index contributed by atoms with van der Waals surface area (Å²) in [7, 11) is 0. The number of imidazole rings is 1. The van der Waals surface area contributed by atoms with Gasteiger partial charge in [-0.15, -0.1) is 11.3 Å². The van der Waals surface area contributed by atoms with Crippen molar-refractivity contribution in [2.75, 3.05) is 19.7 Å². The van der Waals surface area contributed by atoms with Crippen LogP contribution >= 0.6 is 11.3 Å². The number of likely N-dealkylation sites (tertiary alicyclic amines) is 1. The molecule has 144 valence electrons. The highest BCUT2D eigenvalue weighted by Gasteiger charge is 2.30. The summed E-state index contributed by atoms with van der Waals surface area (Å²) in [5, 5.41) is 0.953. The van der Waals surface area contributed by atoms with E-state index in [4.69, 9.17) is 9.72 Å². The minimum Gasteiger partial charge on any atom is -0.371 e. The zero-order valence-corrected chi connectivity index (χ0v) is 16.4. The molecule has 0 N–H and O–H groups in total. The lowest BCUT2D eigenvalue weighted by atomic mass is 9.95. The second-order valence-electron chi connectivity index (χ2n) is 7.85. The first-order valence-electron chi connectivity index (χ1n) is 10.2. The van der Waals surface area contributed by atoms with Gasteiger partial charge in [-0.1, -0.05) is 0 Å². The van der Waals surface area contributed by atoms with Crippen LogP contribution in [0.25, 0.3) is 0 Å². The summed E-state index contributed by atoms with van der Waals surface area (Å²) in [5.41, 5.74) is 1.39. The van der Waals surface area contributed by atoms with Crippen molar-refractivity contribution < 1.29 is 9.53 Å². The SMILES string of the molecule is O=C(c1cnc(C2CCCO2)s1)N1CCC(c2ncc3n2CCCC3)CC1. The molecule has 2 aromatic heterocycles. The quantitative estimate of drug-likeness (QED) is 0.809. The van der Waals surface area contributed by atoms with Gasteiger partial charge in [0.15, 0.2) is 0 Å². The maximum absolute atomic E-state index is 12.9. The van der Waals surface area contributed by atoms with E-state index in [2.05, 4.69) is 15.7 Å². The Morgan fingerprint density at radius 2 is 1.96 bits per heavy atom. The van der Waals surface area contributed by atoms with Gasteiger partial charge in [-0.25, -0.2) is 9.97 Å². The molecule has 6 nitrogen and oxygen atoms in total. The smallest absolute Gasteiger partial charge is 0.265 e. The summed E-state index contributed by atoms with van der Waals surface area (Å²) < 4.78 is 8.13. The summed E-state index contributed by atoms with van der Waals surface area (Å²) in [6.07, 6.45) is 11.7. The average Bonchev–Trinajstić information content (AvgIpc) is 3.47. The molecule has 3 aliphatic heterocycles. The molecule has 5 rings (SSSR count). The van der Waals surface area contributed by atoms with Crippen molar-refractivity contribution in [3.05, 3.63) is 33.8 Å². The zero-order chi connectivity index (χ0) is 18.2. The lowest BCUT2D eigenvalue weighted by Crippen LogP contribution is -2.38. The van der Waals surface area contributed by atoms with Crippen molar-refractivity contribution in [1.29, 1.82) is 0 Å². The molecule has 1 unspecified atom stereocenters. The molecule has 0 radical (unpaired) electrons. The van der Waals surface area contributed by atoms with Gasteiger partial charge < -0.3 is 14.2 Å². The monoisotopic (exact) mass is 386 g/mol. The maximum Gasteiger partial charge on any atom is 0.265 e. The number of carbonyl (C=O) groups excluding carboxylic acids is 1. The van der Waals surface area contributed by atoms with Crippen LogP contribution in [0, 0.1) is 0 Å². The number of hydrogen-bond donors (Lipinski definition) is 0. The molecule has 0 aromatic carbocycles. The Morgan fingerprint density at radius 3 is 2.78 bits per heavy atom. The van der Waals surface area contributed by atoms with Crippen LogP contribution in [0.4, 0.5) is 0 Å². The fourth-order valence-electron chi connectivity index (χ4n) is 4.59. The maximum atomic E-state index is 12.9. The topological polar surface area (TPSA) is 60.2 Å². The van der Waals surface area contributed by atoms with E-state index >= 15 is 0 Å². The highest BCUT2D eigenvalue weighted by Crippen LogP contribution is 2.33. The van der Waals surface area contributed by atoms with Gasteiger partial charge in [-0.2, -0.15) is 0 Å². The number of nitrogens with zero attached hydrogens (tertiary/aromatic N) is 4. The molecular weight excluding hydrogens is 360 g/mol. The van der Waals surface area contributed by atoms with Gasteiger partial charge >= 0.3 is 0 Å². The predicted octanol–water partition coefficient (Wildman–Crippen LogP) is 3.55. The second-order valence-corrected chi connectivity index (χ2v) is 8.91. The van der Waals surface area contributed by atoms with Gasteiger partial charge in [0.25, 0.3) is 5.91 Å². The summed E-state index contributed by atoms with van der Waals surface area (Å²) in [4.78, 5) is 24.8. The molecule has 5 heterocycles. The van der Waals surface area contributed by atoms with Gasteiger partial charge in [0, 0.05) is 44.0 Å². The summed E-state index contributed by atoms with van der Waals surface area (Å²) >= 11 is 1.51. The number of ether oxygens (including phenoxy) is 1. The minimum atomic E-state index is 0.0916. The van der Waals surface area contributed by atoms with E-state index in [1.807, 2.05) is 4.90 Å². The molecule has 7 heteroatoms. The number of thiazole rings is 1. The number of amides is 1. The molecule has 1 atom stereocenters. The summed E-state index contributed by atoms with van der Waals surface area (Å²) in [6, 6.07) is 0. The second kappa shape index (κ2) is 7.36. The minimum absolute atomic E-state index is 0.0916. The first-order chi connectivity index (χ1) is 13.3. The Hall–Kier alpha value is -1.73. The van der Waals surface area contributed by atoms with Gasteiger partial charge in [0.05, 0.1) is 6.20 Å². The third-order valence-electron chi connectivity index (χ3n) is 6.12. The van der Waals surface area contributed by atoms with Crippen LogP contribution in [0.15, 0.2) is 12.4 Å². The molecule has 0 spiro atoms. The van der Waals surface area contributed by atoms with Crippen LogP contribution in [-0.2, 0) is 17.7 Å². The molecule has 0 aliphatic carbocycles. The largest absolute Gasteiger partial charge is 0.371 e. The standard InChI is InChI=1S/C20H26N4O2S/c25-20(17-13-22-19(27-17)16-5-3-11-26-16)23-9-6-14(7-10-23)18-21-12-15-4-1-2-8-24(15)18/h12-14,16H,1-11H2. The number of piperidine rings is 1. The molecule has 2 aromatic rings. The lowest BCUT2D eigenvalue weighted by molar-refractivity contribution is 0.0715. The van der Waals surface area contributed by atoms with Crippen molar-refractivity contribution >= 4 is 17.2 Å². The fraction of sp³-hybridized carbons (Fsp3) is 0.650. The van der Waals surface area contributed by atoms with E-state index in [1.54, 1.807) is 6.20 Å². The first kappa shape index (κ1) is 17.4. The van der Waals surface area contributed by atoms with Crippen molar-refractivity contribution in [3.63, 3.8) is 0 Å². The predicted molar refractivity (Wildman–Crippen MR) is 103 cm³/mol. The summed E-state index contributed by atoms with van der Waals surface area (Å²) in [6.45, 7) is 3.52. The Balaban J connectivity index is 1.23. The van der Waals surface area contributed by atoms with E-state index in [0.29, 0.717) is 5.92 Å². The van der Waals surface area contributed by atoms with E-state index in [-0.39, 0.29) is 12.0 Å². The van der Waals surface area contributed by atoms with Crippen LogP contribution in [0.3, 0.4) is 0 Å². The Morgan fingerprint density at radius 1 is 1.07 bits per heavy atom. The van der Waals surface area contributed by atoms with Gasteiger partial charge in [0.2, 0.25) is 0 Å². The van der Waals surface area contributed by atoms with Crippen LogP contribution in [0.2, 0.25) is 0 Å². The molecule has 3 aliphatic rings. The lowest BCUT2D eigenvalue weighted by Gasteiger charge is -2.32. The molecular formula is C20H26N4O2S. The molecule has 0 saturated carbocycles. The molecule has 1 amide bonds. The van der Waals surface area contributed by atoms with Gasteiger partial charge in [0.1, 0.15) is 21.8 Å². The van der Waals surface area contributed by atoms with Crippen LogP contribution < -0.4 is 0 Å². The van der Waals surface area contributed by atoms with Crippen molar-refractivity contribution in [1.82, 2.24) is 19.4 Å². The van der Waals surface area contributed by atoms with Crippen LogP contribution in [0.1, 0.15) is 76.7 Å². The Bertz CT molecular complexity index is 816. The van der Waals surface area contributed by atoms with E-state index in [9.17, 15) is 4.79 Å². The third-order valence-corrected chi connectivity index (χ3v) is 7.20. The van der Waals surface area contributed by atoms with Crippen LogP contribution in [0.5, 0.6) is 0 Å². The molecule has 2 fully saturated rings. The third kappa shape index (κ3) is 3.31. The number of aromatic nitrogens is 3. The average molecular weight is 387 g/mol.